The van der Waals surface area contributed by atoms with E-state index in [9.17, 15) is 4.39 Å². The first-order valence-corrected chi connectivity index (χ1v) is 7.34. The molecule has 0 aliphatic heterocycles. The number of hydrogen-bond donors (Lipinski definition) is 1. The molecule has 108 valence electrons. The zero-order valence-electron chi connectivity index (χ0n) is 12.1. The number of aromatic nitrogens is 1. The summed E-state index contributed by atoms with van der Waals surface area (Å²) in [4.78, 5) is 0. The van der Waals surface area contributed by atoms with Gasteiger partial charge in [-0.25, -0.2) is 4.39 Å². The van der Waals surface area contributed by atoms with Crippen molar-refractivity contribution < 1.29 is 4.39 Å². The van der Waals surface area contributed by atoms with Gasteiger partial charge < -0.3 is 9.88 Å². The molecule has 2 aromatic carbocycles. The molecule has 0 amide bonds. The van der Waals surface area contributed by atoms with Crippen molar-refractivity contribution in [2.24, 2.45) is 0 Å². The van der Waals surface area contributed by atoms with Gasteiger partial charge in [-0.05, 0) is 47.7 Å². The standard InChI is InChI=1S/C18H19FN2/c1-2-14-4-3-5-15-10-12-21(18(14)15)13-11-20-17-8-6-16(19)7-9-17/h3-10,12,20H,2,11,13H2,1H3. The molecule has 0 aliphatic carbocycles. The minimum atomic E-state index is -0.204. The maximum atomic E-state index is 12.9. The number of nitrogens with one attached hydrogen (secondary N) is 1. The van der Waals surface area contributed by atoms with Crippen molar-refractivity contribution in [3.8, 4) is 0 Å². The first-order chi connectivity index (χ1) is 10.3. The van der Waals surface area contributed by atoms with Gasteiger partial charge in [0.1, 0.15) is 5.82 Å². The van der Waals surface area contributed by atoms with Gasteiger partial charge in [-0.15, -0.1) is 0 Å². The van der Waals surface area contributed by atoms with Gasteiger partial charge in [-0.2, -0.15) is 0 Å². The molecule has 1 heterocycles. The summed E-state index contributed by atoms with van der Waals surface area (Å²) >= 11 is 0. The third kappa shape index (κ3) is 2.92. The number of benzene rings is 2. The Labute approximate surface area is 124 Å². The van der Waals surface area contributed by atoms with E-state index in [1.807, 2.05) is 0 Å². The van der Waals surface area contributed by atoms with Crippen LogP contribution in [0.2, 0.25) is 0 Å². The largest absolute Gasteiger partial charge is 0.383 e. The molecule has 21 heavy (non-hydrogen) atoms. The maximum Gasteiger partial charge on any atom is 0.123 e. The van der Waals surface area contributed by atoms with Crippen molar-refractivity contribution >= 4 is 16.6 Å². The summed E-state index contributed by atoms with van der Waals surface area (Å²) in [5.74, 6) is -0.204. The minimum absolute atomic E-state index is 0.204. The highest BCUT2D eigenvalue weighted by atomic mass is 19.1. The predicted molar refractivity (Wildman–Crippen MR) is 86.2 cm³/mol. The Kier molecular flexibility index (Phi) is 3.91. The second-order valence-corrected chi connectivity index (χ2v) is 5.15. The fourth-order valence-electron chi connectivity index (χ4n) is 2.70. The Hall–Kier alpha value is -2.29. The fraction of sp³-hybridized carbons (Fsp3) is 0.222. The van der Waals surface area contributed by atoms with Crippen LogP contribution in [0.4, 0.5) is 10.1 Å². The Morgan fingerprint density at radius 2 is 1.86 bits per heavy atom. The summed E-state index contributed by atoms with van der Waals surface area (Å²) < 4.78 is 15.1. The van der Waals surface area contributed by atoms with Crippen LogP contribution in [-0.2, 0) is 13.0 Å². The Morgan fingerprint density at radius 1 is 1.05 bits per heavy atom. The van der Waals surface area contributed by atoms with Crippen molar-refractivity contribution in [3.63, 3.8) is 0 Å². The van der Waals surface area contributed by atoms with Crippen molar-refractivity contribution in [1.29, 1.82) is 0 Å². The van der Waals surface area contributed by atoms with E-state index in [0.29, 0.717) is 0 Å². The van der Waals surface area contributed by atoms with Gasteiger partial charge in [-0.3, -0.25) is 0 Å². The van der Waals surface area contributed by atoms with Crippen LogP contribution in [0.15, 0.2) is 54.7 Å². The highest BCUT2D eigenvalue weighted by Crippen LogP contribution is 2.20. The fourth-order valence-corrected chi connectivity index (χ4v) is 2.70. The molecule has 0 atom stereocenters. The number of aryl methyl sites for hydroxylation is 1. The summed E-state index contributed by atoms with van der Waals surface area (Å²) in [6.45, 7) is 3.88. The van der Waals surface area contributed by atoms with E-state index >= 15 is 0 Å². The first-order valence-electron chi connectivity index (χ1n) is 7.34. The van der Waals surface area contributed by atoms with Gasteiger partial charge in [0.2, 0.25) is 0 Å². The van der Waals surface area contributed by atoms with Gasteiger partial charge in [0, 0.05) is 25.0 Å². The Morgan fingerprint density at radius 3 is 2.62 bits per heavy atom. The van der Waals surface area contributed by atoms with Gasteiger partial charge in [-0.1, -0.05) is 25.1 Å². The number of nitrogens with zero attached hydrogens (tertiary/aromatic N) is 1. The number of fused-ring (bicyclic) bond motifs is 1. The van der Waals surface area contributed by atoms with Crippen LogP contribution in [0.1, 0.15) is 12.5 Å². The minimum Gasteiger partial charge on any atom is -0.383 e. The lowest BCUT2D eigenvalue weighted by Crippen LogP contribution is -2.10. The van der Waals surface area contributed by atoms with E-state index in [4.69, 9.17) is 0 Å². The Balaban J connectivity index is 1.72. The number of halogens is 1. The van der Waals surface area contributed by atoms with Crippen LogP contribution >= 0.6 is 0 Å². The molecular formula is C18H19FN2. The van der Waals surface area contributed by atoms with E-state index in [0.717, 1.165) is 25.2 Å². The van der Waals surface area contributed by atoms with Gasteiger partial charge in [0.05, 0.1) is 5.52 Å². The van der Waals surface area contributed by atoms with Gasteiger partial charge in [0.25, 0.3) is 0 Å². The Bertz CT molecular complexity index is 729. The molecule has 0 radical (unpaired) electrons. The van der Waals surface area contributed by atoms with Gasteiger partial charge >= 0.3 is 0 Å². The molecule has 1 aromatic heterocycles. The highest BCUT2D eigenvalue weighted by Gasteiger charge is 2.04. The van der Waals surface area contributed by atoms with Gasteiger partial charge in [0.15, 0.2) is 0 Å². The summed E-state index contributed by atoms with van der Waals surface area (Å²) in [7, 11) is 0. The van der Waals surface area contributed by atoms with E-state index in [1.54, 1.807) is 12.1 Å². The van der Waals surface area contributed by atoms with Crippen LogP contribution in [-0.4, -0.2) is 11.1 Å². The topological polar surface area (TPSA) is 17.0 Å². The predicted octanol–water partition coefficient (Wildman–Crippen LogP) is 4.45. The SMILES string of the molecule is CCc1cccc2ccn(CCNc3ccc(F)cc3)c12. The molecule has 0 bridgehead atoms. The zero-order chi connectivity index (χ0) is 14.7. The molecule has 0 spiro atoms. The van der Waals surface area contributed by atoms with Crippen LogP contribution in [0, 0.1) is 5.82 Å². The molecule has 1 N–H and O–H groups in total. The van der Waals surface area contributed by atoms with E-state index < -0.39 is 0 Å². The van der Waals surface area contributed by atoms with Crippen LogP contribution in [0.25, 0.3) is 10.9 Å². The molecule has 0 saturated heterocycles. The second kappa shape index (κ2) is 6.00. The molecule has 0 aliphatic rings. The summed E-state index contributed by atoms with van der Waals surface area (Å²) in [6, 6.07) is 15.1. The van der Waals surface area contributed by atoms with Crippen molar-refractivity contribution in [1.82, 2.24) is 4.57 Å². The maximum absolute atomic E-state index is 12.9. The van der Waals surface area contributed by atoms with Crippen LogP contribution < -0.4 is 5.32 Å². The van der Waals surface area contributed by atoms with E-state index in [1.165, 1.54) is 28.6 Å². The smallest absolute Gasteiger partial charge is 0.123 e. The van der Waals surface area contributed by atoms with Crippen LogP contribution in [0.5, 0.6) is 0 Å². The molecule has 0 unspecified atom stereocenters. The molecule has 3 aromatic rings. The normalized spacial score (nSPS) is 11.0. The van der Waals surface area contributed by atoms with Crippen molar-refractivity contribution in [3.05, 3.63) is 66.1 Å². The molecule has 2 nitrogen and oxygen atoms in total. The average molecular weight is 282 g/mol. The third-order valence-corrected chi connectivity index (χ3v) is 3.78. The lowest BCUT2D eigenvalue weighted by molar-refractivity contribution is 0.628. The first kappa shape index (κ1) is 13.7. The summed E-state index contributed by atoms with van der Waals surface area (Å²) in [5, 5.41) is 4.61. The highest BCUT2D eigenvalue weighted by molar-refractivity contribution is 5.83. The van der Waals surface area contributed by atoms with E-state index in [2.05, 4.69) is 47.3 Å². The third-order valence-electron chi connectivity index (χ3n) is 3.78. The van der Waals surface area contributed by atoms with Crippen molar-refractivity contribution in [2.45, 2.75) is 19.9 Å². The number of para-hydroxylation sites is 1. The number of anilines is 1. The molecular weight excluding hydrogens is 263 g/mol. The monoisotopic (exact) mass is 282 g/mol. The molecule has 0 saturated carbocycles. The quantitative estimate of drug-likeness (QED) is 0.731. The summed E-state index contributed by atoms with van der Waals surface area (Å²) in [5.41, 5.74) is 3.64. The summed E-state index contributed by atoms with van der Waals surface area (Å²) in [6.07, 6.45) is 3.17. The molecule has 3 rings (SSSR count). The zero-order valence-corrected chi connectivity index (χ0v) is 12.1. The number of hydrogen-bond acceptors (Lipinski definition) is 1. The number of rotatable bonds is 5. The molecule has 0 fully saturated rings. The average Bonchev–Trinajstić information content (AvgIpc) is 2.93. The molecule has 3 heteroatoms. The van der Waals surface area contributed by atoms with Crippen LogP contribution in [0.3, 0.4) is 0 Å². The lowest BCUT2D eigenvalue weighted by atomic mass is 10.1. The van der Waals surface area contributed by atoms with E-state index in [-0.39, 0.29) is 5.82 Å². The lowest BCUT2D eigenvalue weighted by Gasteiger charge is -2.10. The van der Waals surface area contributed by atoms with Crippen molar-refractivity contribution in [2.75, 3.05) is 11.9 Å². The second-order valence-electron chi connectivity index (χ2n) is 5.15.